The maximum atomic E-state index is 13.0. The summed E-state index contributed by atoms with van der Waals surface area (Å²) in [5.41, 5.74) is -3.13. The smallest absolute Gasteiger partial charge is 0.411 e. The predicted octanol–water partition coefficient (Wildman–Crippen LogP) is 2.15. The van der Waals surface area contributed by atoms with Gasteiger partial charge < -0.3 is 13.9 Å². The van der Waals surface area contributed by atoms with Crippen molar-refractivity contribution >= 4 is 17.8 Å². The molecule has 2 rings (SSSR count). The zero-order valence-corrected chi connectivity index (χ0v) is 16.3. The van der Waals surface area contributed by atoms with Crippen molar-refractivity contribution in [2.24, 2.45) is 0 Å². The molecule has 1 aliphatic heterocycles. The number of furan rings is 1. The fourth-order valence-electron chi connectivity index (χ4n) is 3.34. The standard InChI is InChI=1S/C18H24N2O8/c1-5-26-15(22)18(12(11-20(24)25)13-7-6-10-27-13)14(21)8-9-19(18)16(23)28-17(2,3)4/h6-7,10,12H,5,8-9,11H2,1-4H3/t12-,18+/m1/s1. The van der Waals surface area contributed by atoms with Crippen molar-refractivity contribution in [3.05, 3.63) is 34.3 Å². The Kier molecular flexibility index (Phi) is 6.10. The largest absolute Gasteiger partial charge is 0.469 e. The molecule has 10 heteroatoms. The van der Waals surface area contributed by atoms with Crippen molar-refractivity contribution in [3.63, 3.8) is 0 Å². The molecule has 1 fully saturated rings. The van der Waals surface area contributed by atoms with Crippen molar-refractivity contribution < 1.29 is 33.2 Å². The fraction of sp³-hybridized carbons (Fsp3) is 0.611. The number of Topliss-reactive ketones (excluding diaryl/α,β-unsaturated/α-hetero) is 1. The molecule has 1 amide bonds. The van der Waals surface area contributed by atoms with E-state index < -0.39 is 46.4 Å². The molecule has 0 unspecified atom stereocenters. The van der Waals surface area contributed by atoms with Crippen LogP contribution in [-0.2, 0) is 19.1 Å². The van der Waals surface area contributed by atoms with E-state index in [9.17, 15) is 24.5 Å². The van der Waals surface area contributed by atoms with Crippen molar-refractivity contribution in [1.82, 2.24) is 4.90 Å². The average molecular weight is 396 g/mol. The van der Waals surface area contributed by atoms with Gasteiger partial charge in [0.1, 0.15) is 17.3 Å². The molecule has 0 N–H and O–H groups in total. The molecule has 0 spiro atoms. The minimum Gasteiger partial charge on any atom is -0.469 e. The summed E-state index contributed by atoms with van der Waals surface area (Å²) >= 11 is 0. The topological polar surface area (TPSA) is 129 Å². The number of carbonyl (C=O) groups excluding carboxylic acids is 3. The first-order valence-corrected chi connectivity index (χ1v) is 8.90. The van der Waals surface area contributed by atoms with E-state index in [0.29, 0.717) is 0 Å². The Bertz CT molecular complexity index is 752. The maximum absolute atomic E-state index is 13.0. The van der Waals surface area contributed by atoms with Crippen molar-refractivity contribution in [2.75, 3.05) is 19.7 Å². The molecule has 1 aromatic rings. The van der Waals surface area contributed by atoms with Crippen LogP contribution in [0.2, 0.25) is 0 Å². The molecular formula is C18H24N2O8. The van der Waals surface area contributed by atoms with Crippen LogP contribution in [0.3, 0.4) is 0 Å². The van der Waals surface area contributed by atoms with Crippen LogP contribution in [-0.4, -0.2) is 58.5 Å². The molecule has 1 aromatic heterocycles. The summed E-state index contributed by atoms with van der Waals surface area (Å²) in [5, 5.41) is 11.4. The summed E-state index contributed by atoms with van der Waals surface area (Å²) in [6, 6.07) is 2.91. The third-order valence-corrected chi connectivity index (χ3v) is 4.34. The summed E-state index contributed by atoms with van der Waals surface area (Å²) in [6.45, 7) is 5.44. The molecule has 1 aliphatic rings. The van der Waals surface area contributed by atoms with Crippen LogP contribution in [0, 0.1) is 10.1 Å². The van der Waals surface area contributed by atoms with Gasteiger partial charge in [0.25, 0.3) is 0 Å². The number of nitrogens with zero attached hydrogens (tertiary/aromatic N) is 2. The molecule has 2 heterocycles. The highest BCUT2D eigenvalue weighted by molar-refractivity contribution is 6.13. The predicted molar refractivity (Wildman–Crippen MR) is 95.2 cm³/mol. The Labute approximate surface area is 161 Å². The van der Waals surface area contributed by atoms with Crippen LogP contribution in [0.15, 0.2) is 22.8 Å². The molecule has 1 saturated heterocycles. The van der Waals surface area contributed by atoms with Crippen LogP contribution in [0.25, 0.3) is 0 Å². The zero-order valence-electron chi connectivity index (χ0n) is 16.3. The third kappa shape index (κ3) is 4.00. The number of nitro groups is 1. The SMILES string of the molecule is CCOC(=O)[C@]1([C@H](C[N+](=O)[O-])c2ccco2)C(=O)CCN1C(=O)OC(C)(C)C. The van der Waals surface area contributed by atoms with Gasteiger partial charge in [-0.15, -0.1) is 0 Å². The summed E-state index contributed by atoms with van der Waals surface area (Å²) in [5.74, 6) is -3.01. The Hall–Kier alpha value is -2.91. The number of esters is 1. The summed E-state index contributed by atoms with van der Waals surface area (Å²) in [6.07, 6.45) is 0.192. The highest BCUT2D eigenvalue weighted by Crippen LogP contribution is 2.41. The number of ether oxygens (including phenoxy) is 2. The van der Waals surface area contributed by atoms with Crippen molar-refractivity contribution in [2.45, 2.75) is 51.2 Å². The van der Waals surface area contributed by atoms with E-state index >= 15 is 0 Å². The second-order valence-electron chi connectivity index (χ2n) is 7.38. The minimum absolute atomic E-state index is 0.0357. The van der Waals surface area contributed by atoms with E-state index in [1.807, 2.05) is 0 Å². The van der Waals surface area contributed by atoms with Crippen LogP contribution >= 0.6 is 0 Å². The van der Waals surface area contributed by atoms with Gasteiger partial charge in [-0.3, -0.25) is 19.8 Å². The lowest BCUT2D eigenvalue weighted by molar-refractivity contribution is -0.485. The number of amides is 1. The van der Waals surface area contributed by atoms with Gasteiger partial charge in [-0.2, -0.15) is 0 Å². The van der Waals surface area contributed by atoms with Crippen molar-refractivity contribution in [3.8, 4) is 0 Å². The monoisotopic (exact) mass is 396 g/mol. The zero-order chi connectivity index (χ0) is 21.1. The summed E-state index contributed by atoms with van der Waals surface area (Å²) < 4.78 is 15.7. The van der Waals surface area contributed by atoms with Gasteiger partial charge in [0.05, 0.1) is 12.9 Å². The fourth-order valence-corrected chi connectivity index (χ4v) is 3.34. The molecular weight excluding hydrogens is 372 g/mol. The van der Waals surface area contributed by atoms with Crippen LogP contribution in [0.5, 0.6) is 0 Å². The Balaban J connectivity index is 2.64. The van der Waals surface area contributed by atoms with Gasteiger partial charge >= 0.3 is 12.1 Å². The second-order valence-corrected chi connectivity index (χ2v) is 7.38. The van der Waals surface area contributed by atoms with E-state index in [4.69, 9.17) is 13.9 Å². The first kappa shape index (κ1) is 21.4. The average Bonchev–Trinajstić information content (AvgIpc) is 3.19. The van der Waals surface area contributed by atoms with E-state index in [-0.39, 0.29) is 25.3 Å². The molecule has 2 atom stereocenters. The molecule has 0 saturated carbocycles. The van der Waals surface area contributed by atoms with Gasteiger partial charge in [-0.1, -0.05) is 0 Å². The molecule has 154 valence electrons. The first-order valence-electron chi connectivity index (χ1n) is 8.90. The molecule has 0 aliphatic carbocycles. The molecule has 0 radical (unpaired) electrons. The second kappa shape index (κ2) is 7.99. The lowest BCUT2D eigenvalue weighted by atomic mass is 9.78. The normalized spacial score (nSPS) is 20.7. The number of hydrogen-bond donors (Lipinski definition) is 0. The molecule has 28 heavy (non-hydrogen) atoms. The van der Waals surface area contributed by atoms with Gasteiger partial charge in [-0.25, -0.2) is 9.59 Å². The van der Waals surface area contributed by atoms with Crippen molar-refractivity contribution in [1.29, 1.82) is 0 Å². The number of rotatable bonds is 6. The number of hydrogen-bond acceptors (Lipinski definition) is 8. The highest BCUT2D eigenvalue weighted by atomic mass is 16.6. The number of carbonyl (C=O) groups is 3. The summed E-state index contributed by atoms with van der Waals surface area (Å²) in [4.78, 5) is 50.5. The Morgan fingerprint density at radius 3 is 2.61 bits per heavy atom. The van der Waals surface area contributed by atoms with Gasteiger partial charge in [-0.05, 0) is 39.8 Å². The lowest BCUT2D eigenvalue weighted by Gasteiger charge is -2.38. The van der Waals surface area contributed by atoms with E-state index in [2.05, 4.69) is 0 Å². The van der Waals surface area contributed by atoms with Gasteiger partial charge in [0.2, 0.25) is 12.1 Å². The van der Waals surface area contributed by atoms with Crippen LogP contribution in [0.4, 0.5) is 4.79 Å². The Morgan fingerprint density at radius 2 is 2.11 bits per heavy atom. The minimum atomic E-state index is -2.23. The molecule has 10 nitrogen and oxygen atoms in total. The molecule has 0 bridgehead atoms. The first-order chi connectivity index (χ1) is 13.0. The number of ketones is 1. The van der Waals surface area contributed by atoms with E-state index in [1.165, 1.54) is 25.3 Å². The van der Waals surface area contributed by atoms with E-state index in [0.717, 1.165) is 4.90 Å². The van der Waals surface area contributed by atoms with E-state index in [1.54, 1.807) is 20.8 Å². The maximum Gasteiger partial charge on any atom is 0.411 e. The van der Waals surface area contributed by atoms with Gasteiger partial charge in [0, 0.05) is 17.9 Å². The van der Waals surface area contributed by atoms with Crippen LogP contribution < -0.4 is 0 Å². The quantitative estimate of drug-likeness (QED) is 0.309. The Morgan fingerprint density at radius 1 is 1.43 bits per heavy atom. The lowest BCUT2D eigenvalue weighted by Crippen LogP contribution is -2.63. The van der Waals surface area contributed by atoms with Gasteiger partial charge in [0.15, 0.2) is 5.78 Å². The number of likely N-dealkylation sites (tertiary alicyclic amines) is 1. The summed E-state index contributed by atoms with van der Waals surface area (Å²) in [7, 11) is 0. The third-order valence-electron chi connectivity index (χ3n) is 4.34. The molecule has 0 aromatic carbocycles. The highest BCUT2D eigenvalue weighted by Gasteiger charge is 2.65. The van der Waals surface area contributed by atoms with Crippen LogP contribution in [0.1, 0.15) is 45.8 Å².